The van der Waals surface area contributed by atoms with Crippen LogP contribution in [0.3, 0.4) is 0 Å². The second-order valence-corrected chi connectivity index (χ2v) is 6.47. The zero-order valence-electron chi connectivity index (χ0n) is 15.1. The van der Waals surface area contributed by atoms with Gasteiger partial charge in [-0.2, -0.15) is 0 Å². The molecule has 2 aromatic carbocycles. The summed E-state index contributed by atoms with van der Waals surface area (Å²) in [5, 5.41) is 3.14. The van der Waals surface area contributed by atoms with Crippen molar-refractivity contribution in [3.63, 3.8) is 0 Å². The van der Waals surface area contributed by atoms with Crippen molar-refractivity contribution in [2.24, 2.45) is 10.7 Å². The van der Waals surface area contributed by atoms with E-state index >= 15 is 0 Å². The van der Waals surface area contributed by atoms with Crippen molar-refractivity contribution >= 4 is 11.6 Å². The number of nitrogens with one attached hydrogen (secondary N) is 1. The van der Waals surface area contributed by atoms with Crippen molar-refractivity contribution in [3.8, 4) is 0 Å². The summed E-state index contributed by atoms with van der Waals surface area (Å²) in [5.74, 6) is 0.436. The molecule has 0 radical (unpaired) electrons. The van der Waals surface area contributed by atoms with Crippen molar-refractivity contribution < 1.29 is 0 Å². The van der Waals surface area contributed by atoms with Crippen LogP contribution in [-0.4, -0.2) is 23.9 Å². The molecule has 24 heavy (non-hydrogen) atoms. The van der Waals surface area contributed by atoms with Gasteiger partial charge >= 0.3 is 0 Å². The highest BCUT2D eigenvalue weighted by molar-refractivity contribution is 5.92. The molecular formula is C20H28N4. The van der Waals surface area contributed by atoms with Gasteiger partial charge in [-0.1, -0.05) is 42.0 Å². The van der Waals surface area contributed by atoms with Gasteiger partial charge in [-0.25, -0.2) is 4.99 Å². The largest absolute Gasteiger partial charge is 0.370 e. The van der Waals surface area contributed by atoms with Crippen molar-refractivity contribution in [1.82, 2.24) is 4.90 Å². The monoisotopic (exact) mass is 324 g/mol. The molecule has 0 aliphatic heterocycles. The number of rotatable bonds is 6. The van der Waals surface area contributed by atoms with Crippen LogP contribution in [-0.2, 0) is 13.1 Å². The minimum absolute atomic E-state index is 0.436. The number of nitrogens with two attached hydrogens (primary N) is 1. The van der Waals surface area contributed by atoms with Gasteiger partial charge in [0.2, 0.25) is 0 Å². The zero-order valence-corrected chi connectivity index (χ0v) is 15.1. The lowest BCUT2D eigenvalue weighted by Gasteiger charge is -2.22. The average molecular weight is 324 g/mol. The fourth-order valence-electron chi connectivity index (χ4n) is 2.31. The molecule has 0 atom stereocenters. The Morgan fingerprint density at radius 3 is 2.33 bits per heavy atom. The van der Waals surface area contributed by atoms with Crippen LogP contribution in [0.4, 0.5) is 5.69 Å². The predicted molar refractivity (Wildman–Crippen MR) is 103 cm³/mol. The van der Waals surface area contributed by atoms with E-state index in [1.54, 1.807) is 0 Å². The second kappa shape index (κ2) is 8.50. The molecule has 0 saturated carbocycles. The van der Waals surface area contributed by atoms with Crippen LogP contribution < -0.4 is 11.1 Å². The molecule has 0 bridgehead atoms. The van der Waals surface area contributed by atoms with Crippen LogP contribution in [0.2, 0.25) is 0 Å². The number of nitrogens with zero attached hydrogens (tertiary/aromatic N) is 2. The van der Waals surface area contributed by atoms with E-state index in [1.807, 2.05) is 30.3 Å². The highest BCUT2D eigenvalue weighted by Gasteiger charge is 2.07. The van der Waals surface area contributed by atoms with Crippen molar-refractivity contribution in [2.45, 2.75) is 39.9 Å². The molecule has 0 fully saturated rings. The van der Waals surface area contributed by atoms with Crippen LogP contribution in [0.1, 0.15) is 30.5 Å². The number of anilines is 1. The average Bonchev–Trinajstić information content (AvgIpc) is 2.56. The van der Waals surface area contributed by atoms with Crippen LogP contribution >= 0.6 is 0 Å². The molecule has 0 heterocycles. The smallest absolute Gasteiger partial charge is 0.193 e. The second-order valence-electron chi connectivity index (χ2n) is 6.47. The van der Waals surface area contributed by atoms with E-state index < -0.39 is 0 Å². The summed E-state index contributed by atoms with van der Waals surface area (Å²) >= 11 is 0. The van der Waals surface area contributed by atoms with E-state index in [4.69, 9.17) is 5.73 Å². The summed E-state index contributed by atoms with van der Waals surface area (Å²) in [6.07, 6.45) is 0. The van der Waals surface area contributed by atoms with E-state index in [0.29, 0.717) is 18.5 Å². The van der Waals surface area contributed by atoms with Gasteiger partial charge in [-0.3, -0.25) is 4.90 Å². The lowest BCUT2D eigenvalue weighted by atomic mass is 10.1. The molecule has 0 unspecified atom stereocenters. The van der Waals surface area contributed by atoms with E-state index in [2.05, 4.69) is 61.2 Å². The lowest BCUT2D eigenvalue weighted by Crippen LogP contribution is -2.26. The summed E-state index contributed by atoms with van der Waals surface area (Å²) in [5.41, 5.74) is 10.7. The summed E-state index contributed by atoms with van der Waals surface area (Å²) in [6, 6.07) is 17.0. The van der Waals surface area contributed by atoms with E-state index in [1.165, 1.54) is 16.7 Å². The Hall–Kier alpha value is -2.33. The van der Waals surface area contributed by atoms with Gasteiger partial charge in [0.25, 0.3) is 0 Å². The number of hydrogen-bond acceptors (Lipinski definition) is 2. The normalized spacial score (nSPS) is 12.0. The van der Waals surface area contributed by atoms with Crippen molar-refractivity contribution in [2.75, 3.05) is 12.4 Å². The van der Waals surface area contributed by atoms with Gasteiger partial charge < -0.3 is 11.1 Å². The number of guanidine groups is 1. The number of benzene rings is 2. The Labute approximate surface area is 145 Å². The van der Waals surface area contributed by atoms with Gasteiger partial charge in [0.1, 0.15) is 0 Å². The fourth-order valence-corrected chi connectivity index (χ4v) is 2.31. The molecule has 0 saturated heterocycles. The fraction of sp³-hybridized carbons (Fsp3) is 0.350. The maximum absolute atomic E-state index is 6.02. The minimum Gasteiger partial charge on any atom is -0.370 e. The third kappa shape index (κ3) is 5.39. The SMILES string of the molecule is Cc1ccc(NC(N)=NCc2ccccc2CN(C)C(C)C)cc1. The molecule has 0 spiro atoms. The first kappa shape index (κ1) is 18.0. The summed E-state index contributed by atoms with van der Waals surface area (Å²) in [7, 11) is 2.14. The standard InChI is InChI=1S/C20H28N4/c1-15(2)24(4)14-18-8-6-5-7-17(18)13-22-20(21)23-19-11-9-16(3)10-12-19/h5-12,15H,13-14H2,1-4H3,(H3,21,22,23). The first-order valence-electron chi connectivity index (χ1n) is 8.36. The first-order chi connectivity index (χ1) is 11.5. The third-order valence-electron chi connectivity index (χ3n) is 4.16. The van der Waals surface area contributed by atoms with Crippen LogP contribution in [0.5, 0.6) is 0 Å². The molecule has 2 rings (SSSR count). The topological polar surface area (TPSA) is 53.6 Å². The molecule has 0 aromatic heterocycles. The molecule has 0 aliphatic carbocycles. The number of aliphatic imine (C=N–C) groups is 1. The van der Waals surface area contributed by atoms with Gasteiger partial charge in [-0.15, -0.1) is 0 Å². The van der Waals surface area contributed by atoms with Gasteiger partial charge in [-0.05, 0) is 51.1 Å². The molecule has 3 N–H and O–H groups in total. The van der Waals surface area contributed by atoms with E-state index in [0.717, 1.165) is 12.2 Å². The van der Waals surface area contributed by atoms with Crippen LogP contribution in [0.15, 0.2) is 53.5 Å². The van der Waals surface area contributed by atoms with Crippen molar-refractivity contribution in [1.29, 1.82) is 0 Å². The Morgan fingerprint density at radius 1 is 1.08 bits per heavy atom. The Morgan fingerprint density at radius 2 is 1.71 bits per heavy atom. The number of aryl methyl sites for hydroxylation is 1. The summed E-state index contributed by atoms with van der Waals surface area (Å²) in [4.78, 5) is 6.81. The minimum atomic E-state index is 0.436. The maximum atomic E-state index is 6.02. The van der Waals surface area contributed by atoms with Gasteiger partial charge in [0.15, 0.2) is 5.96 Å². The van der Waals surface area contributed by atoms with E-state index in [9.17, 15) is 0 Å². The van der Waals surface area contributed by atoms with Crippen LogP contribution in [0, 0.1) is 6.92 Å². The molecule has 128 valence electrons. The molecule has 4 nitrogen and oxygen atoms in total. The Balaban J connectivity index is 2.03. The Bertz CT molecular complexity index is 674. The van der Waals surface area contributed by atoms with Crippen molar-refractivity contribution in [3.05, 3.63) is 65.2 Å². The lowest BCUT2D eigenvalue weighted by molar-refractivity contribution is 0.265. The molecule has 2 aromatic rings. The predicted octanol–water partition coefficient (Wildman–Crippen LogP) is 3.76. The summed E-state index contributed by atoms with van der Waals surface area (Å²) in [6.45, 7) is 7.95. The van der Waals surface area contributed by atoms with Crippen LogP contribution in [0.25, 0.3) is 0 Å². The summed E-state index contributed by atoms with van der Waals surface area (Å²) < 4.78 is 0. The highest BCUT2D eigenvalue weighted by Crippen LogP contribution is 2.14. The zero-order chi connectivity index (χ0) is 17.5. The highest BCUT2D eigenvalue weighted by atomic mass is 15.1. The van der Waals surface area contributed by atoms with Gasteiger partial charge in [0.05, 0.1) is 6.54 Å². The number of hydrogen-bond donors (Lipinski definition) is 2. The molecular weight excluding hydrogens is 296 g/mol. The first-order valence-corrected chi connectivity index (χ1v) is 8.36. The third-order valence-corrected chi connectivity index (χ3v) is 4.16. The Kier molecular flexibility index (Phi) is 6.38. The molecule has 4 heteroatoms. The molecule has 0 aliphatic rings. The maximum Gasteiger partial charge on any atom is 0.193 e. The quantitative estimate of drug-likeness (QED) is 0.628. The van der Waals surface area contributed by atoms with Gasteiger partial charge in [0, 0.05) is 18.3 Å². The van der Waals surface area contributed by atoms with E-state index in [-0.39, 0.29) is 0 Å². The molecule has 0 amide bonds.